The van der Waals surface area contributed by atoms with Crippen LogP contribution in [0, 0.1) is 11.3 Å². The van der Waals surface area contributed by atoms with Crippen molar-refractivity contribution in [2.45, 2.75) is 26.8 Å². The zero-order valence-corrected chi connectivity index (χ0v) is 11.6. The number of ether oxygens (including phenoxy) is 1. The summed E-state index contributed by atoms with van der Waals surface area (Å²) in [6, 6.07) is 5.24. The number of nitrogens with zero attached hydrogens (tertiary/aromatic N) is 1. The molecule has 19 heavy (non-hydrogen) atoms. The van der Waals surface area contributed by atoms with Crippen LogP contribution in [0.15, 0.2) is 24.3 Å². The summed E-state index contributed by atoms with van der Waals surface area (Å²) in [6.45, 7) is 5.61. The normalized spacial score (nSPS) is 27.6. The summed E-state index contributed by atoms with van der Waals surface area (Å²) >= 11 is 0. The van der Waals surface area contributed by atoms with Gasteiger partial charge in [0.05, 0.1) is 14.4 Å². The molecule has 0 N–H and O–H groups in total. The summed E-state index contributed by atoms with van der Waals surface area (Å²) in [4.78, 5) is 25.0. The fourth-order valence-electron chi connectivity index (χ4n) is 2.39. The van der Waals surface area contributed by atoms with Crippen molar-refractivity contribution in [1.82, 2.24) is 0 Å². The van der Waals surface area contributed by atoms with Crippen molar-refractivity contribution in [3.05, 3.63) is 24.3 Å². The Morgan fingerprint density at radius 3 is 2.32 bits per heavy atom. The van der Waals surface area contributed by atoms with Gasteiger partial charge in [0.2, 0.25) is 5.91 Å². The molecule has 0 radical (unpaired) electrons. The molecule has 0 bridgehead atoms. The van der Waals surface area contributed by atoms with Gasteiger partial charge in [-0.15, -0.1) is 0 Å². The number of methoxy groups -OCH3 is 1. The minimum absolute atomic E-state index is 0.190. The van der Waals surface area contributed by atoms with Crippen molar-refractivity contribution >= 4 is 17.9 Å². The van der Waals surface area contributed by atoms with Gasteiger partial charge in [-0.25, -0.2) is 0 Å². The van der Waals surface area contributed by atoms with Crippen molar-refractivity contribution in [3.8, 4) is 5.75 Å². The minimum atomic E-state index is -1.54. The number of aldehydes is 1. The van der Waals surface area contributed by atoms with Gasteiger partial charge in [0.15, 0.2) is 0 Å². The van der Waals surface area contributed by atoms with Gasteiger partial charge in [-0.2, -0.15) is 0 Å². The monoisotopic (exact) mass is 262 g/mol. The first kappa shape index (κ1) is 12.2. The van der Waals surface area contributed by atoms with Crippen LogP contribution in [0.5, 0.6) is 5.75 Å². The van der Waals surface area contributed by atoms with E-state index in [1.165, 1.54) is 4.90 Å². The third-order valence-electron chi connectivity index (χ3n) is 3.34. The van der Waals surface area contributed by atoms with E-state index in [9.17, 15) is 9.59 Å². The first-order valence-corrected chi connectivity index (χ1v) is 6.20. The van der Waals surface area contributed by atoms with Crippen LogP contribution in [0.4, 0.5) is 5.69 Å². The Balaban J connectivity index is 2.37. The smallest absolute Gasteiger partial charge is 0.233 e. The van der Waals surface area contributed by atoms with E-state index in [0.717, 1.165) is 0 Å². The highest BCUT2D eigenvalue weighted by molar-refractivity contribution is 6.08. The van der Waals surface area contributed by atoms with Crippen LogP contribution >= 0.6 is 0 Å². The maximum atomic E-state index is 12.4. The number of rotatable bonds is 3. The van der Waals surface area contributed by atoms with Gasteiger partial charge in [0.25, 0.3) is 0 Å². The number of benzene rings is 1. The Morgan fingerprint density at radius 1 is 1.32 bits per heavy atom. The van der Waals surface area contributed by atoms with Crippen molar-refractivity contribution in [1.29, 1.82) is 0 Å². The number of amides is 1. The second-order valence-electron chi connectivity index (χ2n) is 5.71. The van der Waals surface area contributed by atoms with Crippen molar-refractivity contribution in [2.75, 3.05) is 12.0 Å². The molecule has 0 aromatic heterocycles. The molecule has 1 aliphatic heterocycles. The summed E-state index contributed by atoms with van der Waals surface area (Å²) in [5, 5.41) is 0. The van der Waals surface area contributed by atoms with E-state index in [-0.39, 0.29) is 5.91 Å². The molecule has 4 heteroatoms. The molecule has 0 aliphatic carbocycles. The van der Waals surface area contributed by atoms with Gasteiger partial charge in [0.1, 0.15) is 18.1 Å². The molecule has 0 spiro atoms. The maximum absolute atomic E-state index is 12.4. The fourth-order valence-corrected chi connectivity index (χ4v) is 2.39. The molecule has 1 fully saturated rings. The van der Waals surface area contributed by atoms with Crippen molar-refractivity contribution in [3.63, 3.8) is 0 Å². The molecule has 102 valence electrons. The van der Waals surface area contributed by atoms with E-state index in [1.54, 1.807) is 31.4 Å². The molecule has 0 saturated carbocycles. The van der Waals surface area contributed by atoms with Gasteiger partial charge < -0.3 is 14.4 Å². The Hall–Kier alpha value is -1.84. The van der Waals surface area contributed by atoms with Crippen LogP contribution in [0.2, 0.25) is 0 Å². The third kappa shape index (κ3) is 2.23. The standard InChI is InChI=1S/C15H19NO3/c1-15(2,3)13-12(9-17)16(14(13)18)10-5-7-11(19-4)8-6-10/h5-9,12-13H,1-4H3/t12-,13-/m0/s1/i12D. The summed E-state index contributed by atoms with van der Waals surface area (Å²) in [7, 11) is 1.56. The van der Waals surface area contributed by atoms with Gasteiger partial charge in [-0.3, -0.25) is 4.79 Å². The number of β-lactam (4-membered cyclic amide) rings is 1. The predicted molar refractivity (Wildman–Crippen MR) is 73.3 cm³/mol. The van der Waals surface area contributed by atoms with Gasteiger partial charge in [0, 0.05) is 5.69 Å². The van der Waals surface area contributed by atoms with Crippen LogP contribution in [-0.2, 0) is 9.59 Å². The lowest BCUT2D eigenvalue weighted by molar-refractivity contribution is -0.138. The summed E-state index contributed by atoms with van der Waals surface area (Å²) in [5.74, 6) is -0.157. The molecule has 2 atom stereocenters. The number of carbonyl (C=O) groups is 2. The molecular formula is C15H19NO3. The number of hydrogen-bond acceptors (Lipinski definition) is 3. The van der Waals surface area contributed by atoms with E-state index >= 15 is 0 Å². The topological polar surface area (TPSA) is 46.6 Å². The molecule has 1 heterocycles. The van der Waals surface area contributed by atoms with Crippen LogP contribution in [-0.4, -0.2) is 25.3 Å². The van der Waals surface area contributed by atoms with E-state index in [2.05, 4.69) is 0 Å². The number of hydrogen-bond donors (Lipinski definition) is 0. The van der Waals surface area contributed by atoms with E-state index in [4.69, 9.17) is 6.11 Å². The van der Waals surface area contributed by atoms with Crippen molar-refractivity contribution in [2.24, 2.45) is 11.3 Å². The highest BCUT2D eigenvalue weighted by Gasteiger charge is 2.53. The summed E-state index contributed by atoms with van der Waals surface area (Å²) in [6.07, 6.45) is 0.550. The predicted octanol–water partition coefficient (Wildman–Crippen LogP) is 2.27. The Kier molecular flexibility index (Phi) is 3.01. The third-order valence-corrected chi connectivity index (χ3v) is 3.34. The van der Waals surface area contributed by atoms with Gasteiger partial charge in [-0.05, 0) is 29.7 Å². The van der Waals surface area contributed by atoms with Crippen molar-refractivity contribution < 1.29 is 15.7 Å². The first-order valence-electron chi connectivity index (χ1n) is 6.70. The molecule has 1 saturated heterocycles. The van der Waals surface area contributed by atoms with Crippen LogP contribution in [0.1, 0.15) is 22.1 Å². The molecule has 1 amide bonds. The summed E-state index contributed by atoms with van der Waals surface area (Å²) < 4.78 is 13.4. The lowest BCUT2D eigenvalue weighted by atomic mass is 9.70. The van der Waals surface area contributed by atoms with Crippen LogP contribution in [0.25, 0.3) is 0 Å². The largest absolute Gasteiger partial charge is 0.497 e. The van der Waals surface area contributed by atoms with Gasteiger partial charge >= 0.3 is 0 Å². The first-order chi connectivity index (χ1) is 9.25. The van der Waals surface area contributed by atoms with E-state index in [0.29, 0.717) is 17.7 Å². The van der Waals surface area contributed by atoms with Gasteiger partial charge in [-0.1, -0.05) is 20.8 Å². The molecule has 1 aromatic carbocycles. The number of carbonyl (C=O) groups excluding carboxylic acids is 2. The Labute approximate surface area is 114 Å². The zero-order chi connectivity index (χ0) is 15.1. The highest BCUT2D eigenvalue weighted by atomic mass is 16.5. The number of anilines is 1. The Bertz CT molecular complexity index is 535. The SMILES string of the molecule is [2H][C@]1(C=O)[C@H](C(C)(C)C)C(=O)N1c1ccc(OC)cc1. The molecule has 1 aliphatic rings. The van der Waals surface area contributed by atoms with E-state index in [1.807, 2.05) is 20.8 Å². The lowest BCUT2D eigenvalue weighted by Gasteiger charge is -2.49. The van der Waals surface area contributed by atoms with Crippen LogP contribution in [0.3, 0.4) is 0 Å². The average molecular weight is 262 g/mol. The zero-order valence-electron chi connectivity index (χ0n) is 12.6. The quantitative estimate of drug-likeness (QED) is 0.620. The second kappa shape index (κ2) is 4.68. The minimum Gasteiger partial charge on any atom is -0.497 e. The Morgan fingerprint density at radius 2 is 1.89 bits per heavy atom. The molecule has 2 rings (SSSR count). The second-order valence-corrected chi connectivity index (χ2v) is 5.71. The lowest BCUT2D eigenvalue weighted by Crippen LogP contribution is -2.66. The summed E-state index contributed by atoms with van der Waals surface area (Å²) in [5.41, 5.74) is 0.112. The highest BCUT2D eigenvalue weighted by Crippen LogP contribution is 2.42. The maximum Gasteiger partial charge on any atom is 0.233 e. The molecule has 0 unspecified atom stereocenters. The molecule has 4 nitrogen and oxygen atoms in total. The van der Waals surface area contributed by atoms with E-state index < -0.39 is 17.4 Å². The molecule has 1 aromatic rings. The van der Waals surface area contributed by atoms with Crippen LogP contribution < -0.4 is 9.64 Å². The molecular weight excluding hydrogens is 242 g/mol. The average Bonchev–Trinajstić information content (AvgIpc) is 2.37. The fraction of sp³-hybridized carbons (Fsp3) is 0.467.